The third-order valence-electron chi connectivity index (χ3n) is 3.45. The van der Waals surface area contributed by atoms with Gasteiger partial charge in [0, 0.05) is 24.4 Å². The van der Waals surface area contributed by atoms with Crippen molar-refractivity contribution >= 4 is 39.2 Å². The lowest BCUT2D eigenvalue weighted by molar-refractivity contribution is -0.116. The number of aryl methyl sites for hydroxylation is 1. The fourth-order valence-electron chi connectivity index (χ4n) is 2.27. The van der Waals surface area contributed by atoms with Crippen LogP contribution in [0.1, 0.15) is 29.6 Å². The lowest BCUT2D eigenvalue weighted by Gasteiger charge is -2.04. The molecule has 0 aliphatic heterocycles. The van der Waals surface area contributed by atoms with E-state index in [9.17, 15) is 9.59 Å². The van der Waals surface area contributed by atoms with Gasteiger partial charge < -0.3 is 5.32 Å². The molecule has 0 unspecified atom stereocenters. The Morgan fingerprint density at radius 1 is 1.17 bits per heavy atom. The van der Waals surface area contributed by atoms with Crippen LogP contribution < -0.4 is 5.32 Å². The van der Waals surface area contributed by atoms with Gasteiger partial charge >= 0.3 is 0 Å². The highest BCUT2D eigenvalue weighted by atomic mass is 32.1. The van der Waals surface area contributed by atoms with Crippen molar-refractivity contribution < 1.29 is 9.59 Å². The third-order valence-corrected chi connectivity index (χ3v) is 4.43. The zero-order valence-corrected chi connectivity index (χ0v) is 13.5. The van der Waals surface area contributed by atoms with E-state index in [1.54, 1.807) is 10.8 Å². The number of amides is 1. The predicted molar refractivity (Wildman–Crippen MR) is 89.7 cm³/mol. The van der Waals surface area contributed by atoms with Gasteiger partial charge in [-0.15, -0.1) is 10.2 Å². The Morgan fingerprint density at radius 2 is 2.00 bits per heavy atom. The average molecular weight is 328 g/mol. The standard InChI is InChI=1S/C16H16N4O2S/c1-2-14-18-19-16(23-14)17-13(21)7-8-15(22)20-10-9-11-5-3-4-6-12(11)20/h3-6,9-10H,2,7-8H2,1H3,(H,17,19,21). The summed E-state index contributed by atoms with van der Waals surface area (Å²) in [5, 5.41) is 12.9. The summed E-state index contributed by atoms with van der Waals surface area (Å²) in [4.78, 5) is 24.2. The minimum Gasteiger partial charge on any atom is -0.301 e. The number of nitrogens with zero attached hydrogens (tertiary/aromatic N) is 3. The Balaban J connectivity index is 1.59. The Labute approximate surface area is 137 Å². The molecule has 3 aromatic rings. The topological polar surface area (TPSA) is 76.9 Å². The van der Waals surface area contributed by atoms with Crippen molar-refractivity contribution in [3.05, 3.63) is 41.5 Å². The largest absolute Gasteiger partial charge is 0.301 e. The fraction of sp³-hybridized carbons (Fsp3) is 0.250. The molecule has 0 spiro atoms. The molecule has 3 rings (SSSR count). The smallest absolute Gasteiger partial charge is 0.231 e. The number of nitrogens with one attached hydrogen (secondary N) is 1. The molecule has 6 nitrogen and oxygen atoms in total. The molecule has 0 fully saturated rings. The Bertz CT molecular complexity index is 853. The number of carbonyl (C=O) groups excluding carboxylic acids is 2. The molecule has 0 saturated heterocycles. The van der Waals surface area contributed by atoms with Gasteiger partial charge in [0.25, 0.3) is 0 Å². The van der Waals surface area contributed by atoms with E-state index >= 15 is 0 Å². The number of aromatic nitrogens is 3. The summed E-state index contributed by atoms with van der Waals surface area (Å²) in [5.74, 6) is -0.332. The van der Waals surface area contributed by atoms with Crippen molar-refractivity contribution in [3.8, 4) is 0 Å². The number of hydrogen-bond acceptors (Lipinski definition) is 5. The van der Waals surface area contributed by atoms with Crippen LogP contribution in [0.15, 0.2) is 36.5 Å². The second-order valence-corrected chi connectivity index (χ2v) is 6.10. The molecule has 23 heavy (non-hydrogen) atoms. The van der Waals surface area contributed by atoms with Gasteiger partial charge in [-0.25, -0.2) is 0 Å². The third kappa shape index (κ3) is 3.45. The number of rotatable bonds is 5. The summed E-state index contributed by atoms with van der Waals surface area (Å²) in [7, 11) is 0. The van der Waals surface area contributed by atoms with E-state index < -0.39 is 0 Å². The quantitative estimate of drug-likeness (QED) is 0.780. The molecular formula is C16H16N4O2S. The number of para-hydroxylation sites is 1. The molecule has 2 heterocycles. The molecule has 7 heteroatoms. The Morgan fingerprint density at radius 3 is 2.78 bits per heavy atom. The molecule has 1 amide bonds. The number of carbonyl (C=O) groups is 2. The van der Waals surface area contributed by atoms with Crippen LogP contribution in [-0.4, -0.2) is 26.6 Å². The van der Waals surface area contributed by atoms with E-state index in [4.69, 9.17) is 0 Å². The van der Waals surface area contributed by atoms with E-state index in [1.165, 1.54) is 11.3 Å². The van der Waals surface area contributed by atoms with Crippen molar-refractivity contribution in [3.63, 3.8) is 0 Å². The maximum Gasteiger partial charge on any atom is 0.231 e. The van der Waals surface area contributed by atoms with E-state index in [0.29, 0.717) is 5.13 Å². The molecule has 0 aliphatic rings. The molecule has 0 saturated carbocycles. The molecule has 0 radical (unpaired) electrons. The van der Waals surface area contributed by atoms with Crippen molar-refractivity contribution in [1.29, 1.82) is 0 Å². The molecule has 0 bridgehead atoms. The van der Waals surface area contributed by atoms with Gasteiger partial charge in [-0.2, -0.15) is 0 Å². The monoisotopic (exact) mass is 328 g/mol. The molecule has 118 valence electrons. The lowest BCUT2D eigenvalue weighted by atomic mass is 10.2. The summed E-state index contributed by atoms with van der Waals surface area (Å²) >= 11 is 1.35. The number of anilines is 1. The maximum atomic E-state index is 12.3. The fourth-order valence-corrected chi connectivity index (χ4v) is 2.97. The summed E-state index contributed by atoms with van der Waals surface area (Å²) < 4.78 is 1.59. The second kappa shape index (κ2) is 6.70. The van der Waals surface area contributed by atoms with Gasteiger partial charge in [-0.05, 0) is 18.6 Å². The minimum atomic E-state index is -0.228. The highest BCUT2D eigenvalue weighted by molar-refractivity contribution is 7.15. The zero-order valence-electron chi connectivity index (χ0n) is 12.7. The summed E-state index contributed by atoms with van der Waals surface area (Å²) in [6.07, 6.45) is 2.78. The van der Waals surface area contributed by atoms with Gasteiger partial charge in [-0.3, -0.25) is 14.2 Å². The minimum absolute atomic E-state index is 0.104. The Hall–Kier alpha value is -2.54. The average Bonchev–Trinajstić information content (AvgIpc) is 3.19. The molecule has 0 atom stereocenters. The molecule has 1 N–H and O–H groups in total. The van der Waals surface area contributed by atoms with Crippen LogP contribution in [-0.2, 0) is 11.2 Å². The SMILES string of the molecule is CCc1nnc(NC(=O)CCC(=O)n2ccc3ccccc32)s1. The van der Waals surface area contributed by atoms with Crippen LogP contribution in [0, 0.1) is 0 Å². The summed E-state index contributed by atoms with van der Waals surface area (Å²) in [6.45, 7) is 1.98. The highest BCUT2D eigenvalue weighted by Crippen LogP contribution is 2.17. The van der Waals surface area contributed by atoms with E-state index in [1.807, 2.05) is 37.3 Å². The van der Waals surface area contributed by atoms with E-state index in [2.05, 4.69) is 15.5 Å². The number of benzene rings is 1. The van der Waals surface area contributed by atoms with Gasteiger partial charge in [-0.1, -0.05) is 36.5 Å². The predicted octanol–water partition coefficient (Wildman–Crippen LogP) is 3.11. The maximum absolute atomic E-state index is 12.3. The van der Waals surface area contributed by atoms with Gasteiger partial charge in [0.05, 0.1) is 5.52 Å². The van der Waals surface area contributed by atoms with Crippen molar-refractivity contribution in [2.24, 2.45) is 0 Å². The van der Waals surface area contributed by atoms with Crippen LogP contribution in [0.5, 0.6) is 0 Å². The molecule has 0 aliphatic carbocycles. The van der Waals surface area contributed by atoms with E-state index in [0.717, 1.165) is 22.3 Å². The first-order valence-electron chi connectivity index (χ1n) is 7.39. The van der Waals surface area contributed by atoms with Crippen molar-refractivity contribution in [2.45, 2.75) is 26.2 Å². The number of fused-ring (bicyclic) bond motifs is 1. The van der Waals surface area contributed by atoms with Gasteiger partial charge in [0.1, 0.15) is 5.01 Å². The van der Waals surface area contributed by atoms with Crippen LogP contribution in [0.3, 0.4) is 0 Å². The second-order valence-electron chi connectivity index (χ2n) is 5.04. The molecule has 1 aromatic carbocycles. The van der Waals surface area contributed by atoms with Crippen LogP contribution >= 0.6 is 11.3 Å². The van der Waals surface area contributed by atoms with Crippen LogP contribution in [0.4, 0.5) is 5.13 Å². The van der Waals surface area contributed by atoms with Gasteiger partial charge in [0.15, 0.2) is 0 Å². The number of hydrogen-bond donors (Lipinski definition) is 1. The highest BCUT2D eigenvalue weighted by Gasteiger charge is 2.12. The normalized spacial score (nSPS) is 10.8. The Kier molecular flexibility index (Phi) is 4.47. The van der Waals surface area contributed by atoms with Crippen LogP contribution in [0.25, 0.3) is 10.9 Å². The van der Waals surface area contributed by atoms with Crippen molar-refractivity contribution in [1.82, 2.24) is 14.8 Å². The molecular weight excluding hydrogens is 312 g/mol. The first-order valence-corrected chi connectivity index (χ1v) is 8.20. The van der Waals surface area contributed by atoms with Crippen LogP contribution in [0.2, 0.25) is 0 Å². The first kappa shape index (κ1) is 15.4. The lowest BCUT2D eigenvalue weighted by Crippen LogP contribution is -2.16. The first-order chi connectivity index (χ1) is 11.2. The van der Waals surface area contributed by atoms with Gasteiger partial charge in [0.2, 0.25) is 16.9 Å². The van der Waals surface area contributed by atoms with E-state index in [-0.39, 0.29) is 24.7 Å². The summed E-state index contributed by atoms with van der Waals surface area (Å²) in [6, 6.07) is 9.55. The molecule has 2 aromatic heterocycles. The van der Waals surface area contributed by atoms with Crippen molar-refractivity contribution in [2.75, 3.05) is 5.32 Å². The zero-order chi connectivity index (χ0) is 16.2. The summed E-state index contributed by atoms with van der Waals surface area (Å²) in [5.41, 5.74) is 0.856.